The van der Waals surface area contributed by atoms with Gasteiger partial charge in [-0.05, 0) is 49.4 Å². The molecule has 6 nitrogen and oxygen atoms in total. The lowest BCUT2D eigenvalue weighted by Gasteiger charge is -2.10. The second kappa shape index (κ2) is 6.75. The van der Waals surface area contributed by atoms with Crippen LogP contribution in [-0.4, -0.2) is 15.5 Å². The van der Waals surface area contributed by atoms with Crippen molar-refractivity contribution in [2.45, 2.75) is 19.6 Å². The molecule has 0 saturated heterocycles. The van der Waals surface area contributed by atoms with E-state index in [4.69, 9.17) is 0 Å². The van der Waals surface area contributed by atoms with Gasteiger partial charge in [0, 0.05) is 17.8 Å². The molecule has 0 spiro atoms. The molecule has 9 heteroatoms. The van der Waals surface area contributed by atoms with E-state index in [1.807, 2.05) is 0 Å². The van der Waals surface area contributed by atoms with Gasteiger partial charge in [0.25, 0.3) is 5.91 Å². The van der Waals surface area contributed by atoms with Gasteiger partial charge >= 0.3 is 17.3 Å². The Morgan fingerprint density at radius 3 is 2.37 bits per heavy atom. The molecule has 0 aliphatic heterocycles. The van der Waals surface area contributed by atoms with Crippen LogP contribution in [0.1, 0.15) is 22.8 Å². The second-order valence-electron chi connectivity index (χ2n) is 5.76. The van der Waals surface area contributed by atoms with Crippen molar-refractivity contribution >= 4 is 22.6 Å². The molecule has 0 aliphatic rings. The summed E-state index contributed by atoms with van der Waals surface area (Å²) < 4.78 is 39.0. The van der Waals surface area contributed by atoms with E-state index in [-0.39, 0.29) is 17.8 Å². The molecular formula is C18H14F3N3O3. The Morgan fingerprint density at radius 2 is 1.78 bits per heavy atom. The normalized spacial score (nSPS) is 11.6. The summed E-state index contributed by atoms with van der Waals surface area (Å²) >= 11 is 0. The average Bonchev–Trinajstić information content (AvgIpc) is 2.62. The molecule has 3 aromatic rings. The number of benzene rings is 2. The smallest absolute Gasteiger partial charge is 0.322 e. The largest absolute Gasteiger partial charge is 0.416 e. The molecule has 1 aromatic heterocycles. The number of aryl methyl sites for hydroxylation is 1. The third-order valence-corrected chi connectivity index (χ3v) is 4.02. The number of halogens is 3. The zero-order valence-corrected chi connectivity index (χ0v) is 14.1. The van der Waals surface area contributed by atoms with Gasteiger partial charge in [-0.25, -0.2) is 0 Å². The van der Waals surface area contributed by atoms with Gasteiger partial charge in [0.2, 0.25) is 0 Å². The van der Waals surface area contributed by atoms with Crippen molar-refractivity contribution in [3.05, 3.63) is 74.3 Å². The van der Waals surface area contributed by atoms with Gasteiger partial charge < -0.3 is 14.9 Å². The summed E-state index contributed by atoms with van der Waals surface area (Å²) in [6.45, 7) is 2.00. The van der Waals surface area contributed by atoms with E-state index >= 15 is 0 Å². The van der Waals surface area contributed by atoms with Crippen molar-refractivity contribution in [3.8, 4) is 0 Å². The second-order valence-corrected chi connectivity index (χ2v) is 5.76. The maximum absolute atomic E-state index is 12.6. The van der Waals surface area contributed by atoms with Gasteiger partial charge in [-0.3, -0.25) is 14.4 Å². The van der Waals surface area contributed by atoms with E-state index in [9.17, 15) is 27.6 Å². The molecule has 1 heterocycles. The molecule has 0 atom stereocenters. The number of hydrogen-bond donors (Lipinski definition) is 2. The van der Waals surface area contributed by atoms with Gasteiger partial charge in [0.15, 0.2) is 0 Å². The Kier molecular flexibility index (Phi) is 4.61. The van der Waals surface area contributed by atoms with Crippen molar-refractivity contribution < 1.29 is 18.0 Å². The Hall–Kier alpha value is -3.36. The third-order valence-electron chi connectivity index (χ3n) is 4.02. The highest BCUT2D eigenvalue weighted by Gasteiger charge is 2.30. The summed E-state index contributed by atoms with van der Waals surface area (Å²) in [6.07, 6.45) is -4.46. The Balaban J connectivity index is 1.91. The molecule has 140 valence electrons. The first-order valence-electron chi connectivity index (χ1n) is 7.96. The fraction of sp³-hybridized carbons (Fsp3) is 0.167. The topological polar surface area (TPSA) is 84.0 Å². The summed E-state index contributed by atoms with van der Waals surface area (Å²) in [7, 11) is 0. The molecule has 3 rings (SSSR count). The van der Waals surface area contributed by atoms with Gasteiger partial charge in [-0.1, -0.05) is 0 Å². The first kappa shape index (κ1) is 18.4. The summed E-state index contributed by atoms with van der Waals surface area (Å²) in [5.41, 5.74) is -1.16. The van der Waals surface area contributed by atoms with Crippen LogP contribution in [0.2, 0.25) is 0 Å². The predicted octanol–water partition coefficient (Wildman–Crippen LogP) is 2.98. The number of H-pyrrole nitrogens is 1. The standard InChI is InChI=1S/C18H14F3N3O3/c1-2-24-14-8-3-10(9-13(14)23-16(26)17(24)27)15(25)22-12-6-4-11(5-7-12)18(19,20)21/h3-9H,2H2,1H3,(H,22,25)(H,23,26). The van der Waals surface area contributed by atoms with Crippen molar-refractivity contribution in [1.29, 1.82) is 0 Å². The van der Waals surface area contributed by atoms with E-state index in [2.05, 4.69) is 10.3 Å². The number of nitrogens with zero attached hydrogens (tertiary/aromatic N) is 1. The molecule has 2 aromatic carbocycles. The van der Waals surface area contributed by atoms with Crippen LogP contribution < -0.4 is 16.4 Å². The summed E-state index contributed by atoms with van der Waals surface area (Å²) in [5, 5.41) is 2.49. The summed E-state index contributed by atoms with van der Waals surface area (Å²) in [6, 6.07) is 8.43. The third kappa shape index (κ3) is 3.62. The minimum Gasteiger partial charge on any atom is -0.322 e. The van der Waals surface area contributed by atoms with E-state index in [0.29, 0.717) is 11.0 Å². The van der Waals surface area contributed by atoms with Crippen LogP contribution in [-0.2, 0) is 12.7 Å². The predicted molar refractivity (Wildman–Crippen MR) is 93.9 cm³/mol. The highest BCUT2D eigenvalue weighted by atomic mass is 19.4. The number of aromatic amines is 1. The van der Waals surface area contributed by atoms with Crippen molar-refractivity contribution in [3.63, 3.8) is 0 Å². The van der Waals surface area contributed by atoms with Crippen LogP contribution in [0.15, 0.2) is 52.1 Å². The van der Waals surface area contributed by atoms with E-state index in [0.717, 1.165) is 24.3 Å². The maximum atomic E-state index is 12.6. The van der Waals surface area contributed by atoms with Gasteiger partial charge in [-0.15, -0.1) is 0 Å². The minimum absolute atomic E-state index is 0.180. The van der Waals surface area contributed by atoms with Crippen molar-refractivity contribution in [1.82, 2.24) is 9.55 Å². The number of anilines is 1. The Labute approximate surface area is 150 Å². The number of nitrogens with one attached hydrogen (secondary N) is 2. The van der Waals surface area contributed by atoms with E-state index in [1.165, 1.54) is 22.8 Å². The molecule has 2 N–H and O–H groups in total. The molecule has 1 amide bonds. The summed E-state index contributed by atoms with van der Waals surface area (Å²) in [4.78, 5) is 38.3. The monoisotopic (exact) mass is 377 g/mol. The number of carbonyl (C=O) groups excluding carboxylic acids is 1. The van der Waals surface area contributed by atoms with Crippen molar-refractivity contribution in [2.75, 3.05) is 5.32 Å². The number of rotatable bonds is 3. The number of hydrogen-bond acceptors (Lipinski definition) is 3. The van der Waals surface area contributed by atoms with Crippen LogP contribution >= 0.6 is 0 Å². The number of fused-ring (bicyclic) bond motifs is 1. The van der Waals surface area contributed by atoms with Crippen LogP contribution in [0.5, 0.6) is 0 Å². The fourth-order valence-corrected chi connectivity index (χ4v) is 2.68. The first-order valence-corrected chi connectivity index (χ1v) is 7.96. The number of amides is 1. The molecule has 0 unspecified atom stereocenters. The van der Waals surface area contributed by atoms with Gasteiger partial charge in [0.1, 0.15) is 0 Å². The van der Waals surface area contributed by atoms with Gasteiger partial charge in [-0.2, -0.15) is 13.2 Å². The highest BCUT2D eigenvalue weighted by Crippen LogP contribution is 2.29. The van der Waals surface area contributed by atoms with Crippen LogP contribution in [0.4, 0.5) is 18.9 Å². The number of alkyl halides is 3. The Bertz CT molecular complexity index is 1130. The van der Waals surface area contributed by atoms with Crippen molar-refractivity contribution in [2.24, 2.45) is 0 Å². The highest BCUT2D eigenvalue weighted by molar-refractivity contribution is 6.05. The minimum atomic E-state index is -4.46. The molecule has 27 heavy (non-hydrogen) atoms. The van der Waals surface area contributed by atoms with Crippen LogP contribution in [0.3, 0.4) is 0 Å². The van der Waals surface area contributed by atoms with Crippen LogP contribution in [0.25, 0.3) is 11.0 Å². The lowest BCUT2D eigenvalue weighted by atomic mass is 10.1. The molecule has 0 fully saturated rings. The maximum Gasteiger partial charge on any atom is 0.416 e. The zero-order chi connectivity index (χ0) is 19.8. The zero-order valence-electron chi connectivity index (χ0n) is 14.1. The average molecular weight is 377 g/mol. The Morgan fingerprint density at radius 1 is 1.11 bits per heavy atom. The quantitative estimate of drug-likeness (QED) is 0.689. The fourth-order valence-electron chi connectivity index (χ4n) is 2.68. The molecule has 0 bridgehead atoms. The SMILES string of the molecule is CCn1c(=O)c(=O)[nH]c2cc(C(=O)Nc3ccc(C(F)(F)F)cc3)ccc21. The number of carbonyl (C=O) groups is 1. The van der Waals surface area contributed by atoms with E-state index < -0.39 is 28.8 Å². The number of aromatic nitrogens is 2. The molecule has 0 saturated carbocycles. The molecule has 0 radical (unpaired) electrons. The first-order chi connectivity index (χ1) is 12.7. The lowest BCUT2D eigenvalue weighted by molar-refractivity contribution is -0.137. The lowest BCUT2D eigenvalue weighted by Crippen LogP contribution is -2.36. The molecular weight excluding hydrogens is 363 g/mol. The molecule has 0 aliphatic carbocycles. The van der Waals surface area contributed by atoms with E-state index in [1.54, 1.807) is 6.92 Å². The van der Waals surface area contributed by atoms with Crippen LogP contribution in [0, 0.1) is 0 Å². The summed E-state index contributed by atoms with van der Waals surface area (Å²) in [5.74, 6) is -0.563. The van der Waals surface area contributed by atoms with Gasteiger partial charge in [0.05, 0.1) is 16.6 Å².